The molecule has 9 aromatic carbocycles. The van der Waals surface area contributed by atoms with Gasteiger partial charge in [0.2, 0.25) is 0 Å². The van der Waals surface area contributed by atoms with Gasteiger partial charge in [-0.2, -0.15) is 0 Å². The van der Waals surface area contributed by atoms with Crippen molar-refractivity contribution in [2.45, 2.75) is 0 Å². The lowest BCUT2D eigenvalue weighted by Crippen LogP contribution is -1.94. The van der Waals surface area contributed by atoms with Crippen LogP contribution >= 0.6 is 0 Å². The van der Waals surface area contributed by atoms with Crippen LogP contribution in [-0.2, 0) is 0 Å². The van der Waals surface area contributed by atoms with Crippen LogP contribution in [0.5, 0.6) is 0 Å². The molecule has 0 aliphatic heterocycles. The van der Waals surface area contributed by atoms with Crippen LogP contribution in [0.1, 0.15) is 0 Å². The SMILES string of the molecule is Fc1ccc2c3ccccc3c3cc4c(cc3c2c1)c1cc2c3cc(F)ccc3c3ccccc3c2cc1n4-c1ccccc1. The summed E-state index contributed by atoms with van der Waals surface area (Å²) in [4.78, 5) is 0. The number of halogens is 2. The fourth-order valence-corrected chi connectivity index (χ4v) is 7.71. The molecule has 1 aromatic heterocycles. The van der Waals surface area contributed by atoms with Gasteiger partial charge in [0.05, 0.1) is 11.0 Å². The highest BCUT2D eigenvalue weighted by Crippen LogP contribution is 2.44. The molecule has 0 atom stereocenters. The first-order valence-electron chi connectivity index (χ1n) is 15.1. The summed E-state index contributed by atoms with van der Waals surface area (Å²) in [6.45, 7) is 0. The van der Waals surface area contributed by atoms with Crippen molar-refractivity contribution < 1.29 is 8.78 Å². The third-order valence-electron chi connectivity index (χ3n) is 9.62. The van der Waals surface area contributed by atoms with Crippen molar-refractivity contribution >= 4 is 86.4 Å². The van der Waals surface area contributed by atoms with Gasteiger partial charge in [0.25, 0.3) is 0 Å². The van der Waals surface area contributed by atoms with Crippen molar-refractivity contribution in [3.8, 4) is 5.69 Å². The molecule has 3 heteroatoms. The van der Waals surface area contributed by atoms with Crippen LogP contribution in [0.3, 0.4) is 0 Å². The maximum Gasteiger partial charge on any atom is 0.123 e. The molecule has 0 aliphatic rings. The minimum Gasteiger partial charge on any atom is -0.309 e. The molecule has 0 saturated heterocycles. The number of rotatable bonds is 1. The molecule has 0 aliphatic carbocycles. The highest BCUT2D eigenvalue weighted by atomic mass is 19.1. The van der Waals surface area contributed by atoms with E-state index in [1.165, 1.54) is 0 Å². The largest absolute Gasteiger partial charge is 0.309 e. The molecule has 0 fully saturated rings. The second-order valence-electron chi connectivity index (χ2n) is 12.0. The zero-order valence-electron chi connectivity index (χ0n) is 24.0. The maximum absolute atomic E-state index is 14.8. The second kappa shape index (κ2) is 8.87. The van der Waals surface area contributed by atoms with Crippen molar-refractivity contribution in [2.24, 2.45) is 0 Å². The first kappa shape index (κ1) is 24.6. The van der Waals surface area contributed by atoms with Crippen molar-refractivity contribution in [1.82, 2.24) is 4.57 Å². The number of fused-ring (bicyclic) bond motifs is 15. The van der Waals surface area contributed by atoms with Crippen LogP contribution in [-0.4, -0.2) is 4.57 Å². The second-order valence-corrected chi connectivity index (χ2v) is 12.0. The summed E-state index contributed by atoms with van der Waals surface area (Å²) in [5.41, 5.74) is 3.20. The molecule has 0 saturated carbocycles. The molecule has 1 heterocycles. The van der Waals surface area contributed by atoms with E-state index in [0.717, 1.165) is 92.1 Å². The summed E-state index contributed by atoms with van der Waals surface area (Å²) in [6.07, 6.45) is 0. The highest BCUT2D eigenvalue weighted by Gasteiger charge is 2.19. The molecular formula is C42H23F2N. The predicted octanol–water partition coefficient (Wildman–Crippen LogP) is 12.0. The quantitative estimate of drug-likeness (QED) is 0.171. The van der Waals surface area contributed by atoms with Crippen LogP contribution in [0.25, 0.3) is 92.1 Å². The monoisotopic (exact) mass is 579 g/mol. The molecule has 0 N–H and O–H groups in total. The molecular weight excluding hydrogens is 556 g/mol. The Bertz CT molecular complexity index is 2700. The van der Waals surface area contributed by atoms with Gasteiger partial charge in [-0.25, -0.2) is 8.78 Å². The van der Waals surface area contributed by atoms with Gasteiger partial charge in [-0.3, -0.25) is 0 Å². The highest BCUT2D eigenvalue weighted by molar-refractivity contribution is 6.31. The molecule has 0 amide bonds. The van der Waals surface area contributed by atoms with E-state index < -0.39 is 0 Å². The average molecular weight is 580 g/mol. The lowest BCUT2D eigenvalue weighted by molar-refractivity contribution is 0.629. The Morgan fingerprint density at radius 3 is 1.11 bits per heavy atom. The van der Waals surface area contributed by atoms with Crippen LogP contribution in [0.15, 0.2) is 140 Å². The smallest absolute Gasteiger partial charge is 0.123 e. The third-order valence-corrected chi connectivity index (χ3v) is 9.62. The van der Waals surface area contributed by atoms with Gasteiger partial charge in [0.1, 0.15) is 11.6 Å². The van der Waals surface area contributed by atoms with Gasteiger partial charge in [-0.05, 0) is 125 Å². The number of para-hydroxylation sites is 1. The van der Waals surface area contributed by atoms with E-state index in [1.54, 1.807) is 24.3 Å². The average Bonchev–Trinajstić information content (AvgIpc) is 3.39. The summed E-state index contributed by atoms with van der Waals surface area (Å²) >= 11 is 0. The fourth-order valence-electron chi connectivity index (χ4n) is 7.71. The number of hydrogen-bond donors (Lipinski definition) is 0. The standard InChI is InChI=1S/C42H23F2N/c43-24-14-16-31-27-10-4-6-12-29(27)37-22-41-39(20-35(37)33(31)18-24)40-21-36-34-19-25(44)15-17-32(34)28-11-5-7-13-30(28)38(36)23-42(40)45(41)26-8-2-1-3-9-26/h1-23H. The number of hydrogen-bond acceptors (Lipinski definition) is 0. The van der Waals surface area contributed by atoms with Crippen molar-refractivity contribution in [3.05, 3.63) is 151 Å². The molecule has 210 valence electrons. The summed E-state index contributed by atoms with van der Waals surface area (Å²) in [6, 6.07) is 46.4. The van der Waals surface area contributed by atoms with Gasteiger partial charge >= 0.3 is 0 Å². The Morgan fingerprint density at radius 2 is 0.644 bits per heavy atom. The Hall–Kier alpha value is -5.80. The molecule has 10 rings (SSSR count). The Morgan fingerprint density at radius 1 is 0.289 bits per heavy atom. The van der Waals surface area contributed by atoms with E-state index in [0.29, 0.717) is 0 Å². The normalized spacial score (nSPS) is 12.2. The summed E-state index contributed by atoms with van der Waals surface area (Å²) in [7, 11) is 0. The number of benzene rings is 9. The molecule has 0 spiro atoms. The predicted molar refractivity (Wildman–Crippen MR) is 186 cm³/mol. The van der Waals surface area contributed by atoms with E-state index in [-0.39, 0.29) is 11.6 Å². The molecule has 0 unspecified atom stereocenters. The summed E-state index contributed by atoms with van der Waals surface area (Å²) < 4.78 is 31.9. The van der Waals surface area contributed by atoms with Crippen molar-refractivity contribution in [1.29, 1.82) is 0 Å². The van der Waals surface area contributed by atoms with Crippen LogP contribution in [0.4, 0.5) is 8.78 Å². The van der Waals surface area contributed by atoms with Gasteiger partial charge in [0.15, 0.2) is 0 Å². The minimum atomic E-state index is -0.253. The van der Waals surface area contributed by atoms with E-state index in [4.69, 9.17) is 0 Å². The first-order valence-corrected chi connectivity index (χ1v) is 15.1. The fraction of sp³-hybridized carbons (Fsp3) is 0. The maximum atomic E-state index is 14.8. The van der Waals surface area contributed by atoms with Gasteiger partial charge < -0.3 is 4.57 Å². The van der Waals surface area contributed by atoms with E-state index >= 15 is 0 Å². The number of nitrogens with zero attached hydrogens (tertiary/aromatic N) is 1. The molecule has 10 aromatic rings. The molecule has 0 radical (unpaired) electrons. The lowest BCUT2D eigenvalue weighted by atomic mass is 9.92. The molecule has 0 bridgehead atoms. The van der Waals surface area contributed by atoms with Gasteiger partial charge in [0, 0.05) is 16.5 Å². The van der Waals surface area contributed by atoms with Crippen LogP contribution in [0, 0.1) is 11.6 Å². The van der Waals surface area contributed by atoms with Gasteiger partial charge in [-0.15, -0.1) is 0 Å². The summed E-state index contributed by atoms with van der Waals surface area (Å²) in [5, 5.41) is 14.7. The lowest BCUT2D eigenvalue weighted by Gasteiger charge is -2.13. The zero-order chi connectivity index (χ0) is 29.8. The Kier molecular flexibility index (Phi) is 4.85. The van der Waals surface area contributed by atoms with Crippen molar-refractivity contribution in [2.75, 3.05) is 0 Å². The summed E-state index contributed by atoms with van der Waals surface area (Å²) in [5.74, 6) is -0.505. The third kappa shape index (κ3) is 3.35. The Balaban J connectivity index is 1.48. The van der Waals surface area contributed by atoms with Crippen LogP contribution < -0.4 is 0 Å². The zero-order valence-corrected chi connectivity index (χ0v) is 24.0. The molecule has 45 heavy (non-hydrogen) atoms. The van der Waals surface area contributed by atoms with Crippen LogP contribution in [0.2, 0.25) is 0 Å². The van der Waals surface area contributed by atoms with Gasteiger partial charge in [-0.1, -0.05) is 78.9 Å². The first-order chi connectivity index (χ1) is 22.1. The van der Waals surface area contributed by atoms with E-state index in [9.17, 15) is 8.78 Å². The minimum absolute atomic E-state index is 0.253. The van der Waals surface area contributed by atoms with Crippen molar-refractivity contribution in [3.63, 3.8) is 0 Å². The van der Waals surface area contributed by atoms with E-state index in [2.05, 4.69) is 89.5 Å². The molecule has 1 nitrogen and oxygen atoms in total. The van der Waals surface area contributed by atoms with E-state index in [1.807, 2.05) is 30.3 Å². The topological polar surface area (TPSA) is 4.93 Å². The number of aromatic nitrogens is 1. The Labute approximate surface area is 256 Å².